The van der Waals surface area contributed by atoms with Crippen LogP contribution in [0.2, 0.25) is 0 Å². The summed E-state index contributed by atoms with van der Waals surface area (Å²) in [6.45, 7) is 12.1. The number of fused-ring (bicyclic) bond motifs is 5. The van der Waals surface area contributed by atoms with Gasteiger partial charge < -0.3 is 5.11 Å². The van der Waals surface area contributed by atoms with Crippen molar-refractivity contribution in [3.63, 3.8) is 0 Å². The maximum absolute atomic E-state index is 11.9. The SMILES string of the molecule is CC(C)CCC[C@@H](C)[C@H]1CC[C@H]2[C@@H]3C(O[O])C=C4C[C@@H](O)CC[C@]4(C)[C@H]3CC[C@]12C. The molecule has 0 amide bonds. The van der Waals surface area contributed by atoms with Crippen LogP contribution in [0.1, 0.15) is 98.8 Å². The average Bonchev–Trinajstić information content (AvgIpc) is 3.05. The van der Waals surface area contributed by atoms with Gasteiger partial charge in [-0.3, -0.25) is 0 Å². The maximum Gasteiger partial charge on any atom is 0.118 e. The zero-order valence-corrected chi connectivity index (χ0v) is 20.0. The Kier molecular flexibility index (Phi) is 6.48. The highest BCUT2D eigenvalue weighted by atomic mass is 17.1. The van der Waals surface area contributed by atoms with Crippen molar-refractivity contribution in [1.29, 1.82) is 0 Å². The van der Waals surface area contributed by atoms with Crippen LogP contribution in [-0.4, -0.2) is 17.3 Å². The molecule has 0 bridgehead atoms. The molecule has 1 unspecified atom stereocenters. The fraction of sp³-hybridized carbons (Fsp3) is 0.926. The second-order valence-corrected chi connectivity index (χ2v) is 12.4. The Labute approximate surface area is 184 Å². The molecule has 0 spiro atoms. The van der Waals surface area contributed by atoms with Crippen LogP contribution >= 0.6 is 0 Å². The first-order valence-electron chi connectivity index (χ1n) is 12.9. The first-order valence-corrected chi connectivity index (χ1v) is 12.9. The fourth-order valence-electron chi connectivity index (χ4n) is 8.72. The van der Waals surface area contributed by atoms with E-state index in [0.717, 1.165) is 37.0 Å². The first kappa shape index (κ1) is 22.8. The molecule has 3 heteroatoms. The quantitative estimate of drug-likeness (QED) is 0.296. The number of rotatable bonds is 6. The van der Waals surface area contributed by atoms with E-state index in [1.165, 1.54) is 50.5 Å². The van der Waals surface area contributed by atoms with E-state index in [-0.39, 0.29) is 17.6 Å². The van der Waals surface area contributed by atoms with Crippen molar-refractivity contribution in [3.05, 3.63) is 11.6 Å². The first-order chi connectivity index (χ1) is 14.2. The lowest BCUT2D eigenvalue weighted by Gasteiger charge is -2.59. The minimum atomic E-state index is -0.303. The highest BCUT2D eigenvalue weighted by Gasteiger charge is 2.61. The molecule has 0 saturated heterocycles. The summed E-state index contributed by atoms with van der Waals surface area (Å²) >= 11 is 0. The topological polar surface area (TPSA) is 49.4 Å². The Morgan fingerprint density at radius 3 is 2.53 bits per heavy atom. The van der Waals surface area contributed by atoms with Crippen molar-refractivity contribution in [2.45, 2.75) is 111 Å². The third-order valence-electron chi connectivity index (χ3n) is 10.4. The summed E-state index contributed by atoms with van der Waals surface area (Å²) in [7, 11) is 0. The summed E-state index contributed by atoms with van der Waals surface area (Å²) in [5.41, 5.74) is 1.82. The van der Waals surface area contributed by atoms with Crippen molar-refractivity contribution in [2.24, 2.45) is 46.3 Å². The summed E-state index contributed by atoms with van der Waals surface area (Å²) in [4.78, 5) is 4.92. The molecular formula is C27H45O3. The van der Waals surface area contributed by atoms with Gasteiger partial charge in [-0.1, -0.05) is 65.5 Å². The van der Waals surface area contributed by atoms with E-state index in [4.69, 9.17) is 4.89 Å². The van der Waals surface area contributed by atoms with Crippen LogP contribution in [0.5, 0.6) is 0 Å². The summed E-state index contributed by atoms with van der Waals surface area (Å²) in [6, 6.07) is 0. The van der Waals surface area contributed by atoms with E-state index < -0.39 is 0 Å². The molecule has 0 aliphatic heterocycles. The van der Waals surface area contributed by atoms with E-state index in [1.807, 2.05) is 0 Å². The van der Waals surface area contributed by atoms with Gasteiger partial charge in [-0.15, -0.1) is 0 Å². The minimum Gasteiger partial charge on any atom is -0.393 e. The lowest BCUT2D eigenvalue weighted by molar-refractivity contribution is -0.346. The molecule has 3 fully saturated rings. The van der Waals surface area contributed by atoms with Crippen molar-refractivity contribution >= 4 is 0 Å². The molecule has 30 heavy (non-hydrogen) atoms. The fourth-order valence-corrected chi connectivity index (χ4v) is 8.72. The number of hydrogen-bond donors (Lipinski definition) is 1. The molecule has 0 aromatic carbocycles. The van der Waals surface area contributed by atoms with Gasteiger partial charge in [0, 0.05) is 0 Å². The molecule has 4 aliphatic carbocycles. The summed E-state index contributed by atoms with van der Waals surface area (Å²) in [5.74, 6) is 3.86. The predicted molar refractivity (Wildman–Crippen MR) is 120 cm³/mol. The number of aliphatic hydroxyl groups excluding tert-OH is 1. The maximum atomic E-state index is 11.9. The Bertz CT molecular complexity index is 642. The van der Waals surface area contributed by atoms with Crippen molar-refractivity contribution in [1.82, 2.24) is 0 Å². The molecule has 0 heterocycles. The molecule has 0 aromatic heterocycles. The molecule has 1 N–H and O–H groups in total. The largest absolute Gasteiger partial charge is 0.393 e. The second-order valence-electron chi connectivity index (χ2n) is 12.4. The van der Waals surface area contributed by atoms with E-state index >= 15 is 0 Å². The molecule has 171 valence electrons. The smallest absolute Gasteiger partial charge is 0.118 e. The highest BCUT2D eigenvalue weighted by molar-refractivity contribution is 5.28. The van der Waals surface area contributed by atoms with Gasteiger partial charge in [0.05, 0.1) is 6.10 Å². The molecule has 3 nitrogen and oxygen atoms in total. The third-order valence-corrected chi connectivity index (χ3v) is 10.4. The van der Waals surface area contributed by atoms with Gasteiger partial charge in [-0.2, -0.15) is 4.89 Å². The van der Waals surface area contributed by atoms with E-state index in [9.17, 15) is 10.4 Å². The lowest BCUT2D eigenvalue weighted by atomic mass is 9.46. The number of hydrogen-bond acceptors (Lipinski definition) is 2. The summed E-state index contributed by atoms with van der Waals surface area (Å²) in [5, 5.41) is 22.2. The van der Waals surface area contributed by atoms with Crippen LogP contribution in [0.3, 0.4) is 0 Å². The molecule has 9 atom stereocenters. The summed E-state index contributed by atoms with van der Waals surface area (Å²) < 4.78 is 0. The predicted octanol–water partition coefficient (Wildman–Crippen LogP) is 6.73. The van der Waals surface area contributed by atoms with E-state index in [2.05, 4.69) is 40.7 Å². The van der Waals surface area contributed by atoms with E-state index in [1.54, 1.807) is 0 Å². The highest BCUT2D eigenvalue weighted by Crippen LogP contribution is 2.67. The van der Waals surface area contributed by atoms with Crippen LogP contribution in [0.4, 0.5) is 0 Å². The molecule has 3 saturated carbocycles. The molecule has 4 aliphatic rings. The lowest BCUT2D eigenvalue weighted by Crippen LogP contribution is -2.55. The Morgan fingerprint density at radius 2 is 1.83 bits per heavy atom. The average molecular weight is 418 g/mol. The van der Waals surface area contributed by atoms with Crippen LogP contribution in [0.15, 0.2) is 11.6 Å². The Balaban J connectivity index is 1.56. The third kappa shape index (κ3) is 3.71. The zero-order valence-electron chi connectivity index (χ0n) is 20.0. The van der Waals surface area contributed by atoms with Gasteiger partial charge in [0.1, 0.15) is 6.10 Å². The van der Waals surface area contributed by atoms with Crippen molar-refractivity contribution < 1.29 is 15.3 Å². The zero-order chi connectivity index (χ0) is 21.7. The second kappa shape index (κ2) is 8.52. The number of aliphatic hydroxyl groups is 1. The van der Waals surface area contributed by atoms with Crippen LogP contribution in [0.25, 0.3) is 0 Å². The van der Waals surface area contributed by atoms with Crippen LogP contribution in [0, 0.1) is 46.3 Å². The van der Waals surface area contributed by atoms with Gasteiger partial charge in [0.15, 0.2) is 0 Å². The van der Waals surface area contributed by atoms with Gasteiger partial charge in [-0.25, -0.2) is 0 Å². The minimum absolute atomic E-state index is 0.154. The molecule has 0 aromatic rings. The Morgan fingerprint density at radius 1 is 1.07 bits per heavy atom. The molecular weight excluding hydrogens is 372 g/mol. The standard InChI is InChI=1S/C27H45O3/c1-17(2)7-6-8-18(3)21-9-10-22-25-23(12-14-27(21,22)5)26(4)13-11-20(28)15-19(26)16-24(25)30-29/h16-18,20-25,28H,6-15H2,1-5H3/t18-,20+,21-,22+,23+,24?,25+,26+,27-/m1/s1. The van der Waals surface area contributed by atoms with Crippen molar-refractivity contribution in [2.75, 3.05) is 0 Å². The van der Waals surface area contributed by atoms with Gasteiger partial charge in [-0.05, 0) is 96.5 Å². The summed E-state index contributed by atoms with van der Waals surface area (Å²) in [6.07, 6.45) is 13.4. The van der Waals surface area contributed by atoms with Gasteiger partial charge in [0.2, 0.25) is 0 Å². The molecule has 1 radical (unpaired) electrons. The van der Waals surface area contributed by atoms with Crippen molar-refractivity contribution in [3.8, 4) is 0 Å². The van der Waals surface area contributed by atoms with Gasteiger partial charge in [0.25, 0.3) is 0 Å². The normalized spacial score (nSPS) is 46.7. The molecule has 4 rings (SSSR count). The Hall–Kier alpha value is -0.380. The van der Waals surface area contributed by atoms with E-state index in [0.29, 0.717) is 23.2 Å². The monoisotopic (exact) mass is 417 g/mol. The van der Waals surface area contributed by atoms with Gasteiger partial charge >= 0.3 is 0 Å². The van der Waals surface area contributed by atoms with Crippen LogP contribution in [-0.2, 0) is 10.1 Å². The van der Waals surface area contributed by atoms with Crippen LogP contribution < -0.4 is 0 Å².